The molecule has 4 atom stereocenters. The van der Waals surface area contributed by atoms with Gasteiger partial charge in [-0.1, -0.05) is 0 Å². The van der Waals surface area contributed by atoms with Crippen LogP contribution in [-0.2, 0) is 0 Å². The fraction of sp³-hybridized carbons (Fsp3) is 1.00. The van der Waals surface area contributed by atoms with Crippen molar-refractivity contribution in [2.45, 2.75) is 56.7 Å². The lowest BCUT2D eigenvalue weighted by Crippen LogP contribution is -2.48. The summed E-state index contributed by atoms with van der Waals surface area (Å²) in [5, 5.41) is 2.77. The molecule has 1 aliphatic heterocycles. The summed E-state index contributed by atoms with van der Waals surface area (Å²) >= 11 is 0. The van der Waals surface area contributed by atoms with Crippen LogP contribution in [-0.4, -0.2) is 43.0 Å². The molecular formula is C12H22F2N2. The van der Waals surface area contributed by atoms with Crippen LogP contribution in [0.2, 0.25) is 0 Å². The van der Waals surface area contributed by atoms with Crippen LogP contribution in [0.1, 0.15) is 32.6 Å². The molecule has 2 rings (SSSR count). The Morgan fingerprint density at radius 2 is 1.88 bits per heavy atom. The van der Waals surface area contributed by atoms with Gasteiger partial charge in [-0.3, -0.25) is 0 Å². The molecule has 94 valence electrons. The number of likely N-dealkylation sites (tertiary alicyclic amines) is 1. The lowest BCUT2D eigenvalue weighted by atomic mass is 9.93. The fourth-order valence-electron chi connectivity index (χ4n) is 3.41. The smallest absolute Gasteiger partial charge is 0.267 e. The summed E-state index contributed by atoms with van der Waals surface area (Å²) in [6.45, 7) is 2.13. The highest BCUT2D eigenvalue weighted by atomic mass is 19.3. The minimum absolute atomic E-state index is 0.0725. The maximum absolute atomic E-state index is 14.1. The van der Waals surface area contributed by atoms with E-state index >= 15 is 0 Å². The Morgan fingerprint density at radius 1 is 1.19 bits per heavy atom. The van der Waals surface area contributed by atoms with E-state index < -0.39 is 17.9 Å². The zero-order chi connectivity index (χ0) is 11.9. The van der Waals surface area contributed by atoms with Gasteiger partial charge in [-0.15, -0.1) is 0 Å². The molecule has 0 amide bonds. The molecule has 1 saturated heterocycles. The van der Waals surface area contributed by atoms with Crippen molar-refractivity contribution in [1.82, 2.24) is 10.2 Å². The Labute approximate surface area is 96.4 Å². The molecule has 1 heterocycles. The maximum Gasteiger partial charge on any atom is 0.267 e. The lowest BCUT2D eigenvalue weighted by Gasteiger charge is -2.33. The quantitative estimate of drug-likeness (QED) is 0.784. The van der Waals surface area contributed by atoms with Gasteiger partial charge in [0, 0.05) is 18.0 Å². The summed E-state index contributed by atoms with van der Waals surface area (Å²) in [5.74, 6) is -3.00. The van der Waals surface area contributed by atoms with Crippen LogP contribution in [0.4, 0.5) is 8.78 Å². The van der Waals surface area contributed by atoms with Gasteiger partial charge in [0.05, 0.1) is 6.04 Å². The Balaban J connectivity index is 2.11. The molecule has 1 aliphatic carbocycles. The molecule has 1 saturated carbocycles. The van der Waals surface area contributed by atoms with Gasteiger partial charge < -0.3 is 10.2 Å². The summed E-state index contributed by atoms with van der Waals surface area (Å²) in [6, 6.07) is -0.0976. The highest BCUT2D eigenvalue weighted by Crippen LogP contribution is 2.46. The van der Waals surface area contributed by atoms with Crippen molar-refractivity contribution in [1.29, 1.82) is 0 Å². The predicted molar refractivity (Wildman–Crippen MR) is 60.8 cm³/mol. The van der Waals surface area contributed by atoms with Gasteiger partial charge in [0.2, 0.25) is 0 Å². The second kappa shape index (κ2) is 4.22. The molecule has 16 heavy (non-hydrogen) atoms. The van der Waals surface area contributed by atoms with Gasteiger partial charge in [-0.05, 0) is 46.7 Å². The van der Waals surface area contributed by atoms with Gasteiger partial charge in [-0.2, -0.15) is 0 Å². The Morgan fingerprint density at radius 3 is 2.31 bits per heavy atom. The van der Waals surface area contributed by atoms with Gasteiger partial charge in [0.1, 0.15) is 0 Å². The predicted octanol–water partition coefficient (Wildman–Crippen LogP) is 2.10. The molecule has 2 fully saturated rings. The standard InChI is InChI=1S/C12H22F2N2/c1-8-4-6-10(16(8)3)9-5-7-11(15-2)12(9,13)14/h8-11,15H,4-7H2,1-3H3. The van der Waals surface area contributed by atoms with Crippen LogP contribution >= 0.6 is 0 Å². The summed E-state index contributed by atoms with van der Waals surface area (Å²) in [6.07, 6.45) is 3.24. The van der Waals surface area contributed by atoms with Crippen LogP contribution in [0.5, 0.6) is 0 Å². The third kappa shape index (κ3) is 1.76. The molecule has 4 unspecified atom stereocenters. The normalized spacial score (nSPS) is 44.1. The van der Waals surface area contributed by atoms with Crippen molar-refractivity contribution >= 4 is 0 Å². The van der Waals surface area contributed by atoms with E-state index in [9.17, 15) is 8.78 Å². The monoisotopic (exact) mass is 232 g/mol. The first kappa shape index (κ1) is 12.2. The average Bonchev–Trinajstić information content (AvgIpc) is 2.69. The molecule has 0 radical (unpaired) electrons. The summed E-state index contributed by atoms with van der Waals surface area (Å²) in [4.78, 5) is 2.15. The van der Waals surface area contributed by atoms with Crippen molar-refractivity contribution in [3.8, 4) is 0 Å². The maximum atomic E-state index is 14.1. The first-order valence-corrected chi connectivity index (χ1v) is 6.25. The average molecular weight is 232 g/mol. The van der Waals surface area contributed by atoms with E-state index in [1.54, 1.807) is 7.05 Å². The second-order valence-corrected chi connectivity index (χ2v) is 5.36. The van der Waals surface area contributed by atoms with E-state index in [-0.39, 0.29) is 6.04 Å². The van der Waals surface area contributed by atoms with Crippen LogP contribution < -0.4 is 5.32 Å². The van der Waals surface area contributed by atoms with Gasteiger partial charge >= 0.3 is 0 Å². The van der Waals surface area contributed by atoms with Crippen molar-refractivity contribution in [3.63, 3.8) is 0 Å². The van der Waals surface area contributed by atoms with E-state index in [2.05, 4.69) is 17.1 Å². The van der Waals surface area contributed by atoms with E-state index in [1.165, 1.54) is 0 Å². The van der Waals surface area contributed by atoms with Crippen LogP contribution in [0.25, 0.3) is 0 Å². The molecule has 4 heteroatoms. The minimum atomic E-state index is -2.54. The Hall–Kier alpha value is -0.220. The lowest BCUT2D eigenvalue weighted by molar-refractivity contribution is -0.0794. The van der Waals surface area contributed by atoms with Crippen molar-refractivity contribution in [2.75, 3.05) is 14.1 Å². The SMILES string of the molecule is CNC1CCC(C2CCC(C)N2C)C1(F)F. The van der Waals surface area contributed by atoms with Crippen LogP contribution in [0, 0.1) is 5.92 Å². The zero-order valence-corrected chi connectivity index (χ0v) is 10.3. The minimum Gasteiger partial charge on any atom is -0.312 e. The number of hydrogen-bond acceptors (Lipinski definition) is 2. The summed E-state index contributed by atoms with van der Waals surface area (Å²) in [7, 11) is 3.63. The number of nitrogens with zero attached hydrogens (tertiary/aromatic N) is 1. The molecule has 0 spiro atoms. The number of nitrogens with one attached hydrogen (secondary N) is 1. The van der Waals surface area contributed by atoms with Crippen molar-refractivity contribution in [2.24, 2.45) is 5.92 Å². The fourth-order valence-corrected chi connectivity index (χ4v) is 3.41. The van der Waals surface area contributed by atoms with E-state index in [4.69, 9.17) is 0 Å². The summed E-state index contributed by atoms with van der Waals surface area (Å²) in [5.41, 5.74) is 0. The number of rotatable bonds is 2. The van der Waals surface area contributed by atoms with Crippen molar-refractivity contribution < 1.29 is 8.78 Å². The van der Waals surface area contributed by atoms with Gasteiger partial charge in [0.25, 0.3) is 5.92 Å². The molecule has 0 aromatic heterocycles. The number of hydrogen-bond donors (Lipinski definition) is 1. The van der Waals surface area contributed by atoms with Gasteiger partial charge in [-0.25, -0.2) is 8.78 Å². The van der Waals surface area contributed by atoms with Crippen molar-refractivity contribution in [3.05, 3.63) is 0 Å². The molecule has 0 aromatic carbocycles. The first-order valence-electron chi connectivity index (χ1n) is 6.25. The molecule has 2 nitrogen and oxygen atoms in total. The molecule has 0 bridgehead atoms. The molecule has 2 aliphatic rings. The number of alkyl halides is 2. The highest BCUT2D eigenvalue weighted by molar-refractivity contribution is 5.02. The zero-order valence-electron chi connectivity index (χ0n) is 10.3. The summed E-state index contributed by atoms with van der Waals surface area (Å²) < 4.78 is 28.3. The van der Waals surface area contributed by atoms with Gasteiger partial charge in [0.15, 0.2) is 0 Å². The van der Waals surface area contributed by atoms with E-state index in [0.717, 1.165) is 12.8 Å². The van der Waals surface area contributed by atoms with Crippen LogP contribution in [0.3, 0.4) is 0 Å². The molecule has 0 aromatic rings. The van der Waals surface area contributed by atoms with E-state index in [0.29, 0.717) is 18.9 Å². The third-order valence-corrected chi connectivity index (χ3v) is 4.64. The van der Waals surface area contributed by atoms with Crippen LogP contribution in [0.15, 0.2) is 0 Å². The van der Waals surface area contributed by atoms with E-state index in [1.807, 2.05) is 7.05 Å². The Bertz CT molecular complexity index is 257. The highest BCUT2D eigenvalue weighted by Gasteiger charge is 2.55. The topological polar surface area (TPSA) is 15.3 Å². The first-order chi connectivity index (χ1) is 7.48. The number of halogens is 2. The Kier molecular flexibility index (Phi) is 3.23. The molecule has 1 N–H and O–H groups in total. The molecular weight excluding hydrogens is 210 g/mol. The third-order valence-electron chi connectivity index (χ3n) is 4.64. The second-order valence-electron chi connectivity index (χ2n) is 5.36. The largest absolute Gasteiger partial charge is 0.312 e.